The fourth-order valence-electron chi connectivity index (χ4n) is 10.7. The predicted octanol–water partition coefficient (Wildman–Crippen LogP) is 6.37. The lowest BCUT2D eigenvalue weighted by atomic mass is 9.65. The van der Waals surface area contributed by atoms with E-state index in [1.165, 1.54) is 13.2 Å². The molecule has 14 nitrogen and oxygen atoms in total. The number of nitrogens with zero attached hydrogens (tertiary/aromatic N) is 2. The summed E-state index contributed by atoms with van der Waals surface area (Å²) < 4.78 is 17.6. The second-order valence-corrected chi connectivity index (χ2v) is 18.2. The molecule has 3 aliphatic heterocycles. The van der Waals surface area contributed by atoms with Crippen molar-refractivity contribution >= 4 is 35.5 Å². The van der Waals surface area contributed by atoms with Gasteiger partial charge in [-0.05, 0) is 84.2 Å². The van der Waals surface area contributed by atoms with Gasteiger partial charge in [0.05, 0.1) is 37.4 Å². The van der Waals surface area contributed by atoms with Crippen molar-refractivity contribution in [1.82, 2.24) is 15.5 Å². The van der Waals surface area contributed by atoms with Gasteiger partial charge in [-0.2, -0.15) is 0 Å². The molecule has 4 aromatic carbocycles. The maximum absolute atomic E-state index is 16.5. The Bertz CT molecular complexity index is 2600. The number of anilines is 1. The number of hydrogen-bond donors (Lipinski definition) is 4. The van der Waals surface area contributed by atoms with Crippen LogP contribution in [0.15, 0.2) is 116 Å². The molecule has 1 aliphatic carbocycles. The number of amides is 4. The molecule has 4 aliphatic rings. The average Bonchev–Trinajstić information content (AvgIpc) is 3.69. The summed E-state index contributed by atoms with van der Waals surface area (Å²) in [7, 11) is 1.21. The zero-order chi connectivity index (χ0) is 48.2. The summed E-state index contributed by atoms with van der Waals surface area (Å²) in [5, 5.41) is 27.1. The molecule has 0 radical (unpaired) electrons. The molecule has 0 aromatic heterocycles. The number of hydrogen-bond acceptors (Lipinski definition) is 11. The number of aliphatic hydroxyl groups excluding tert-OH is 1. The van der Waals surface area contributed by atoms with E-state index in [1.54, 1.807) is 56.3 Å². The zero-order valence-electron chi connectivity index (χ0n) is 38.6. The smallest absolute Gasteiger partial charge is 0.329 e. The van der Waals surface area contributed by atoms with E-state index in [9.17, 15) is 15.0 Å². The summed E-state index contributed by atoms with van der Waals surface area (Å²) >= 11 is 0. The van der Waals surface area contributed by atoms with Crippen LogP contribution in [0.4, 0.5) is 10.5 Å². The SMILES string of the molecule is C=CCNC(=O)[C@H]1[C@@H]2C(=O)O[C@@H](c3ccccc3)[C@@H](c3ccccc3)N2[C@@H](c2cccc(OCCO)c2)[C@]12C(=O)N(C(=O)N[C@H](C(=O)OC)C(C)C)c1ccc(C#CC3(O)CCCCCC3)cc12. The summed E-state index contributed by atoms with van der Waals surface area (Å²) in [5.41, 5.74) is -0.841. The Kier molecular flexibility index (Phi) is 14.2. The summed E-state index contributed by atoms with van der Waals surface area (Å²) in [6.07, 6.45) is 5.10. The van der Waals surface area contributed by atoms with Crippen LogP contribution in [0.2, 0.25) is 0 Å². The van der Waals surface area contributed by atoms with E-state index >= 15 is 19.2 Å². The molecule has 3 fully saturated rings. The van der Waals surface area contributed by atoms with Gasteiger partial charge in [0, 0.05) is 12.1 Å². The fourth-order valence-corrected chi connectivity index (χ4v) is 10.7. The Morgan fingerprint density at radius 2 is 1.57 bits per heavy atom. The van der Waals surface area contributed by atoms with Crippen LogP contribution in [-0.2, 0) is 34.1 Å². The second-order valence-electron chi connectivity index (χ2n) is 18.2. The number of methoxy groups -OCH3 is 1. The van der Waals surface area contributed by atoms with Gasteiger partial charge in [-0.3, -0.25) is 19.3 Å². The molecular formula is C54H58N4O10. The van der Waals surface area contributed by atoms with E-state index < -0.39 is 82.9 Å². The zero-order valence-corrected chi connectivity index (χ0v) is 38.6. The molecule has 0 unspecified atom stereocenters. The first-order valence-electron chi connectivity index (χ1n) is 23.3. The number of carbonyl (C=O) groups is 5. The number of cyclic esters (lactones) is 1. The topological polar surface area (TPSA) is 184 Å². The normalized spacial score (nSPS) is 24.4. The molecule has 4 aromatic rings. The molecule has 1 spiro atoms. The number of benzene rings is 4. The van der Waals surface area contributed by atoms with E-state index in [-0.39, 0.29) is 31.0 Å². The molecule has 4 amide bonds. The Labute approximate surface area is 396 Å². The number of fused-ring (bicyclic) bond motifs is 3. The van der Waals surface area contributed by atoms with Crippen molar-refractivity contribution in [2.24, 2.45) is 11.8 Å². The molecular weight excluding hydrogens is 865 g/mol. The monoisotopic (exact) mass is 922 g/mol. The number of imide groups is 1. The lowest BCUT2D eigenvalue weighted by Gasteiger charge is -2.46. The van der Waals surface area contributed by atoms with Crippen LogP contribution < -0.4 is 20.3 Å². The molecule has 2 saturated heterocycles. The molecule has 1 saturated carbocycles. The molecule has 4 N–H and O–H groups in total. The van der Waals surface area contributed by atoms with Gasteiger partial charge >= 0.3 is 18.0 Å². The van der Waals surface area contributed by atoms with Crippen LogP contribution in [-0.4, -0.2) is 89.5 Å². The van der Waals surface area contributed by atoms with E-state index in [0.717, 1.165) is 30.6 Å². The highest BCUT2D eigenvalue weighted by Crippen LogP contribution is 2.66. The van der Waals surface area contributed by atoms with Gasteiger partial charge in [0.15, 0.2) is 0 Å². The quantitative estimate of drug-likeness (QED) is 0.0536. The van der Waals surface area contributed by atoms with Gasteiger partial charge in [0.25, 0.3) is 0 Å². The van der Waals surface area contributed by atoms with Crippen LogP contribution in [0.1, 0.15) is 98.4 Å². The van der Waals surface area contributed by atoms with Gasteiger partial charge in [-0.15, -0.1) is 6.58 Å². The van der Waals surface area contributed by atoms with Crippen molar-refractivity contribution in [2.45, 2.75) is 93.7 Å². The van der Waals surface area contributed by atoms with E-state index in [0.29, 0.717) is 40.8 Å². The second kappa shape index (κ2) is 20.2. The first kappa shape index (κ1) is 47.7. The predicted molar refractivity (Wildman–Crippen MR) is 253 cm³/mol. The van der Waals surface area contributed by atoms with Crippen LogP contribution in [0, 0.1) is 23.7 Å². The molecule has 0 bridgehead atoms. The summed E-state index contributed by atoms with van der Waals surface area (Å²) in [6, 6.07) is 24.9. The minimum atomic E-state index is -2.12. The molecule has 3 heterocycles. The first-order chi connectivity index (χ1) is 32.9. The van der Waals surface area contributed by atoms with Gasteiger partial charge in [0.2, 0.25) is 11.8 Å². The van der Waals surface area contributed by atoms with E-state index in [2.05, 4.69) is 29.1 Å². The number of urea groups is 1. The number of rotatable bonds is 12. The lowest BCUT2D eigenvalue weighted by Crippen LogP contribution is -2.57. The molecule has 354 valence electrons. The van der Waals surface area contributed by atoms with Crippen molar-refractivity contribution in [1.29, 1.82) is 0 Å². The van der Waals surface area contributed by atoms with Crippen LogP contribution in [0.3, 0.4) is 0 Å². The van der Waals surface area contributed by atoms with Crippen molar-refractivity contribution in [3.8, 4) is 17.6 Å². The van der Waals surface area contributed by atoms with Crippen LogP contribution in [0.5, 0.6) is 5.75 Å². The average molecular weight is 923 g/mol. The minimum Gasteiger partial charge on any atom is -0.491 e. The van der Waals surface area contributed by atoms with Gasteiger partial charge < -0.3 is 35.1 Å². The summed E-state index contributed by atoms with van der Waals surface area (Å²) in [5.74, 6) is 1.60. The van der Waals surface area contributed by atoms with E-state index in [1.807, 2.05) is 65.6 Å². The molecule has 68 heavy (non-hydrogen) atoms. The fraction of sp³-hybridized carbons (Fsp3) is 0.389. The van der Waals surface area contributed by atoms with Gasteiger partial charge in [-0.1, -0.05) is 117 Å². The number of esters is 2. The third-order valence-corrected chi connectivity index (χ3v) is 13.7. The Hall–Kier alpha value is -6.79. The molecule has 8 rings (SSSR count). The Morgan fingerprint density at radius 1 is 0.897 bits per heavy atom. The van der Waals surface area contributed by atoms with Gasteiger partial charge in [-0.25, -0.2) is 14.5 Å². The maximum Gasteiger partial charge on any atom is 0.329 e. The Balaban J connectivity index is 1.46. The van der Waals surface area contributed by atoms with Crippen LogP contribution in [0.25, 0.3) is 0 Å². The maximum atomic E-state index is 16.5. The first-order valence-corrected chi connectivity index (χ1v) is 23.3. The molecule has 7 atom stereocenters. The molecule has 14 heteroatoms. The van der Waals surface area contributed by atoms with E-state index in [4.69, 9.17) is 14.2 Å². The minimum absolute atomic E-state index is 0.0262. The summed E-state index contributed by atoms with van der Waals surface area (Å²) in [4.78, 5) is 78.3. The van der Waals surface area contributed by atoms with Crippen LogP contribution >= 0.6 is 0 Å². The lowest BCUT2D eigenvalue weighted by molar-refractivity contribution is -0.178. The highest BCUT2D eigenvalue weighted by atomic mass is 16.6. The van der Waals surface area contributed by atoms with Gasteiger partial charge in [0.1, 0.15) is 41.6 Å². The number of nitrogens with one attached hydrogen (secondary N) is 2. The number of ether oxygens (including phenoxy) is 3. The van der Waals surface area contributed by atoms with Crippen molar-refractivity contribution in [3.05, 3.63) is 144 Å². The van der Waals surface area contributed by atoms with Crippen molar-refractivity contribution in [2.75, 3.05) is 31.8 Å². The van der Waals surface area contributed by atoms with Crippen molar-refractivity contribution < 1.29 is 48.4 Å². The number of aliphatic hydroxyl groups is 2. The standard InChI is InChI=1S/C54H58N4O10/c1-5-29-55-48(60)42-45-50(62)68-46(37-19-12-9-13-20-37)44(36-17-10-8-11-18-36)58(45)47(38-21-16-22-39(33-38)67-31-30-59)54(42)40-32-35(25-28-53(65)26-14-6-7-15-27-53)23-24-41(40)57(51(54)63)52(64)56-43(34(2)3)49(61)66-4/h5,8-13,16-24,32-34,42-47,59,65H,1,6-7,14-15,26-27,29-31H2,2-4H3,(H,55,60)(H,56,64)/t42-,43+,44-,45-,46+,47+,54-/m1/s1. The highest BCUT2D eigenvalue weighted by Gasteiger charge is 2.75. The third kappa shape index (κ3) is 8.77. The van der Waals surface area contributed by atoms with Crippen molar-refractivity contribution in [3.63, 3.8) is 0 Å². The third-order valence-electron chi connectivity index (χ3n) is 13.7. The highest BCUT2D eigenvalue weighted by molar-refractivity contribution is 6.25. The Morgan fingerprint density at radius 3 is 2.22 bits per heavy atom. The largest absolute Gasteiger partial charge is 0.491 e. The summed E-state index contributed by atoms with van der Waals surface area (Å²) in [6.45, 7) is 6.92. The number of carbonyl (C=O) groups excluding carboxylic acids is 5. The number of morpholine rings is 1.